The zero-order valence-corrected chi connectivity index (χ0v) is 17.6. The van der Waals surface area contributed by atoms with Crippen LogP contribution in [0.25, 0.3) is 10.8 Å². The van der Waals surface area contributed by atoms with E-state index in [0.29, 0.717) is 19.6 Å². The monoisotopic (exact) mass is 421 g/mol. The highest BCUT2D eigenvalue weighted by Crippen LogP contribution is 2.44. The van der Waals surface area contributed by atoms with Crippen LogP contribution in [0.15, 0.2) is 60.7 Å². The van der Waals surface area contributed by atoms with E-state index in [2.05, 4.69) is 35.2 Å². The van der Waals surface area contributed by atoms with Gasteiger partial charge in [0.1, 0.15) is 5.82 Å². The van der Waals surface area contributed by atoms with Crippen molar-refractivity contribution in [3.05, 3.63) is 77.6 Å². The second-order valence-electron chi connectivity index (χ2n) is 8.39. The summed E-state index contributed by atoms with van der Waals surface area (Å²) in [5.41, 5.74) is 3.31. The van der Waals surface area contributed by atoms with Gasteiger partial charge in [-0.15, -0.1) is 0 Å². The van der Waals surface area contributed by atoms with Gasteiger partial charge in [-0.25, -0.2) is 4.39 Å². The predicted octanol–water partition coefficient (Wildman–Crippen LogP) is 4.63. The first kappa shape index (κ1) is 20.4. The van der Waals surface area contributed by atoms with E-state index in [1.54, 1.807) is 12.1 Å². The number of halogens is 1. The summed E-state index contributed by atoms with van der Waals surface area (Å²) < 4.78 is 25.8. The molecule has 5 heteroatoms. The Kier molecular flexibility index (Phi) is 5.65. The molecule has 3 aromatic rings. The fourth-order valence-electron chi connectivity index (χ4n) is 5.24. The number of rotatable bonds is 5. The lowest BCUT2D eigenvalue weighted by Gasteiger charge is -2.42. The minimum atomic E-state index is -0.781. The summed E-state index contributed by atoms with van der Waals surface area (Å²) in [6.45, 7) is 3.02. The molecule has 0 aromatic heterocycles. The van der Waals surface area contributed by atoms with E-state index in [4.69, 9.17) is 9.47 Å². The maximum Gasteiger partial charge on any atom is 0.197 e. The van der Waals surface area contributed by atoms with Gasteiger partial charge in [0.2, 0.25) is 0 Å². The third-order valence-corrected chi connectivity index (χ3v) is 6.71. The van der Waals surface area contributed by atoms with Crippen LogP contribution >= 0.6 is 0 Å². The van der Waals surface area contributed by atoms with Gasteiger partial charge in [-0.3, -0.25) is 0 Å². The van der Waals surface area contributed by atoms with Gasteiger partial charge in [-0.05, 0) is 53.8 Å². The number of ether oxygens (including phenoxy) is 2. The van der Waals surface area contributed by atoms with Crippen molar-refractivity contribution in [3.63, 3.8) is 0 Å². The second kappa shape index (κ2) is 8.58. The summed E-state index contributed by atoms with van der Waals surface area (Å²) in [4.78, 5) is 2.42. The van der Waals surface area contributed by atoms with Gasteiger partial charge in [0.05, 0.1) is 13.2 Å². The van der Waals surface area contributed by atoms with E-state index in [0.717, 1.165) is 31.5 Å². The maximum atomic E-state index is 13.5. The van der Waals surface area contributed by atoms with Crippen molar-refractivity contribution >= 4 is 16.5 Å². The zero-order valence-electron chi connectivity index (χ0n) is 17.6. The molecule has 0 radical (unpaired) electrons. The molecule has 4 nitrogen and oxygen atoms in total. The van der Waals surface area contributed by atoms with Crippen molar-refractivity contribution in [1.82, 2.24) is 0 Å². The van der Waals surface area contributed by atoms with Crippen molar-refractivity contribution in [2.45, 2.75) is 25.0 Å². The summed E-state index contributed by atoms with van der Waals surface area (Å²) in [5.74, 6) is -0.824. The molecule has 3 aromatic carbocycles. The number of hydrogen-bond acceptors (Lipinski definition) is 4. The average molecular weight is 422 g/mol. The molecule has 2 saturated heterocycles. The summed E-state index contributed by atoms with van der Waals surface area (Å²) >= 11 is 0. The van der Waals surface area contributed by atoms with Crippen LogP contribution in [0.1, 0.15) is 24.0 Å². The number of fused-ring (bicyclic) bond motifs is 1. The van der Waals surface area contributed by atoms with Crippen LogP contribution in [-0.2, 0) is 21.7 Å². The number of hydrogen-bond donors (Lipinski definition) is 1. The molecule has 1 N–H and O–H groups in total. The number of nitrogens with zero attached hydrogens (tertiary/aromatic N) is 1. The van der Waals surface area contributed by atoms with Crippen molar-refractivity contribution in [1.29, 1.82) is 0 Å². The van der Waals surface area contributed by atoms with E-state index in [1.807, 2.05) is 6.07 Å². The average Bonchev–Trinajstić information content (AvgIpc) is 3.31. The molecule has 0 bridgehead atoms. The molecule has 0 saturated carbocycles. The van der Waals surface area contributed by atoms with Gasteiger partial charge < -0.3 is 19.5 Å². The van der Waals surface area contributed by atoms with Crippen molar-refractivity contribution in [2.24, 2.45) is 5.92 Å². The second-order valence-corrected chi connectivity index (χ2v) is 8.39. The Bertz CT molecular complexity index is 1040. The molecule has 162 valence electrons. The van der Waals surface area contributed by atoms with E-state index in [9.17, 15) is 9.50 Å². The first-order valence-corrected chi connectivity index (χ1v) is 11.1. The highest BCUT2D eigenvalue weighted by atomic mass is 19.1. The summed E-state index contributed by atoms with van der Waals surface area (Å²) in [5, 5.41) is 12.1. The minimum Gasteiger partial charge on any atom is -0.396 e. The maximum absolute atomic E-state index is 13.5. The summed E-state index contributed by atoms with van der Waals surface area (Å²) in [6.07, 6.45) is 2.48. The molecule has 0 unspecified atom stereocenters. The molecule has 5 rings (SSSR count). The lowest BCUT2D eigenvalue weighted by atomic mass is 9.83. The van der Waals surface area contributed by atoms with Gasteiger partial charge in [-0.2, -0.15) is 0 Å². The third kappa shape index (κ3) is 3.71. The number of aliphatic hydroxyl groups excluding tert-OH is 1. The lowest BCUT2D eigenvalue weighted by Crippen LogP contribution is -2.44. The first-order valence-electron chi connectivity index (χ1n) is 11.1. The van der Waals surface area contributed by atoms with E-state index >= 15 is 0 Å². The quantitative estimate of drug-likeness (QED) is 0.652. The van der Waals surface area contributed by atoms with E-state index in [1.165, 1.54) is 34.2 Å². The smallest absolute Gasteiger partial charge is 0.197 e. The minimum absolute atomic E-state index is 0.132. The molecule has 2 aliphatic heterocycles. The molecular weight excluding hydrogens is 393 g/mol. The first-order chi connectivity index (χ1) is 15.2. The lowest BCUT2D eigenvalue weighted by molar-refractivity contribution is -0.209. The molecule has 0 spiro atoms. The molecule has 2 aliphatic rings. The zero-order chi connectivity index (χ0) is 21.3. The Morgan fingerprint density at radius 1 is 0.935 bits per heavy atom. The Morgan fingerprint density at radius 3 is 2.35 bits per heavy atom. The van der Waals surface area contributed by atoms with Crippen LogP contribution in [0, 0.1) is 11.7 Å². The van der Waals surface area contributed by atoms with Crippen LogP contribution in [0.4, 0.5) is 10.1 Å². The van der Waals surface area contributed by atoms with E-state index < -0.39 is 5.79 Å². The molecule has 31 heavy (non-hydrogen) atoms. The number of aliphatic hydroxyl groups is 1. The van der Waals surface area contributed by atoms with Crippen LogP contribution in [-0.4, -0.2) is 38.0 Å². The Labute approximate surface area is 182 Å². The highest BCUT2D eigenvalue weighted by molar-refractivity contribution is 5.90. The van der Waals surface area contributed by atoms with Crippen LogP contribution in [0.5, 0.6) is 0 Å². The van der Waals surface area contributed by atoms with Crippen molar-refractivity contribution in [2.75, 3.05) is 37.8 Å². The fraction of sp³-hybridized carbons (Fsp3) is 0.385. The van der Waals surface area contributed by atoms with Gasteiger partial charge in [0.25, 0.3) is 0 Å². The van der Waals surface area contributed by atoms with Crippen molar-refractivity contribution in [3.8, 4) is 0 Å². The summed E-state index contributed by atoms with van der Waals surface area (Å²) in [6, 6.07) is 19.3. The van der Waals surface area contributed by atoms with Gasteiger partial charge in [-0.1, -0.05) is 42.5 Å². The normalized spacial score (nSPS) is 19.2. The molecule has 0 atom stereocenters. The largest absolute Gasteiger partial charge is 0.396 e. The number of piperidine rings is 1. The number of anilines is 1. The molecular formula is C26H28FNO3. The fourth-order valence-corrected chi connectivity index (χ4v) is 5.24. The number of benzene rings is 3. The van der Waals surface area contributed by atoms with Crippen molar-refractivity contribution < 1.29 is 19.0 Å². The van der Waals surface area contributed by atoms with E-state index in [-0.39, 0.29) is 18.3 Å². The van der Waals surface area contributed by atoms with Gasteiger partial charge >= 0.3 is 0 Å². The Balaban J connectivity index is 1.40. The third-order valence-electron chi connectivity index (χ3n) is 6.71. The Morgan fingerprint density at radius 2 is 1.65 bits per heavy atom. The standard InChI is InChI=1S/C26H28FNO3/c27-22-8-6-20(7-9-22)26(30-17-18-31-26)21-11-14-28(15-12-21)25-10-5-19-3-1-2-4-23(19)24(25)13-16-29/h1-10,21,29H,11-18H2. The Hall–Kier alpha value is -2.47. The SMILES string of the molecule is OCCc1c(N2CCC(C3(c4ccc(F)cc4)OCCO3)CC2)ccc2ccccc12. The van der Waals surface area contributed by atoms with Crippen LogP contribution < -0.4 is 4.90 Å². The van der Waals surface area contributed by atoms with Crippen LogP contribution in [0.2, 0.25) is 0 Å². The molecule has 0 aliphatic carbocycles. The van der Waals surface area contributed by atoms with Gasteiger partial charge in [0, 0.05) is 36.9 Å². The van der Waals surface area contributed by atoms with Crippen LogP contribution in [0.3, 0.4) is 0 Å². The molecule has 0 amide bonds. The highest BCUT2D eigenvalue weighted by Gasteiger charge is 2.47. The molecule has 2 fully saturated rings. The summed E-state index contributed by atoms with van der Waals surface area (Å²) in [7, 11) is 0. The predicted molar refractivity (Wildman–Crippen MR) is 120 cm³/mol. The van der Waals surface area contributed by atoms with Gasteiger partial charge in [0.15, 0.2) is 5.79 Å². The topological polar surface area (TPSA) is 41.9 Å². The molecule has 2 heterocycles.